The Kier molecular flexibility index (Phi) is 5.66. The second-order valence-electron chi connectivity index (χ2n) is 4.21. The third-order valence-corrected chi connectivity index (χ3v) is 2.30. The molecule has 1 rings (SSSR count). The number of nitrogens with one attached hydrogen (secondary N) is 1. The van der Waals surface area contributed by atoms with Gasteiger partial charge in [0.2, 0.25) is 5.91 Å². The zero-order valence-electron chi connectivity index (χ0n) is 10.4. The number of methoxy groups -OCH3 is 1. The molecule has 0 heterocycles. The van der Waals surface area contributed by atoms with Gasteiger partial charge in [-0.25, -0.2) is 0 Å². The molecule has 1 amide bonds. The molecule has 0 saturated carbocycles. The summed E-state index contributed by atoms with van der Waals surface area (Å²) in [6.07, 6.45) is 0.359. The highest BCUT2D eigenvalue weighted by atomic mass is 16.5. The maximum Gasteiger partial charge on any atom is 0.221 e. The van der Waals surface area contributed by atoms with Crippen LogP contribution in [-0.4, -0.2) is 19.1 Å². The highest BCUT2D eigenvalue weighted by Gasteiger charge is 2.04. The number of carbonyl (C=O) groups is 1. The molecule has 0 aliphatic carbocycles. The fourth-order valence-corrected chi connectivity index (χ4v) is 1.56. The van der Waals surface area contributed by atoms with Crippen LogP contribution in [0.5, 0.6) is 0 Å². The van der Waals surface area contributed by atoms with Gasteiger partial charge in [0.05, 0.1) is 6.61 Å². The predicted molar refractivity (Wildman–Crippen MR) is 67.3 cm³/mol. The van der Waals surface area contributed by atoms with Crippen LogP contribution in [0.1, 0.15) is 24.5 Å². The van der Waals surface area contributed by atoms with Gasteiger partial charge in [0.25, 0.3) is 0 Å². The number of nitrogens with two attached hydrogens (primary N) is 1. The van der Waals surface area contributed by atoms with Crippen molar-refractivity contribution in [2.45, 2.75) is 32.5 Å². The van der Waals surface area contributed by atoms with E-state index in [4.69, 9.17) is 10.5 Å². The summed E-state index contributed by atoms with van der Waals surface area (Å²) in [5.74, 6) is -0.0165. The summed E-state index contributed by atoms with van der Waals surface area (Å²) in [4.78, 5) is 11.4. The van der Waals surface area contributed by atoms with E-state index in [0.29, 0.717) is 19.6 Å². The van der Waals surface area contributed by atoms with Crippen molar-refractivity contribution >= 4 is 5.91 Å². The Morgan fingerprint density at radius 1 is 1.47 bits per heavy atom. The van der Waals surface area contributed by atoms with Crippen LogP contribution in [0.3, 0.4) is 0 Å². The van der Waals surface area contributed by atoms with Crippen LogP contribution in [0.15, 0.2) is 24.3 Å². The predicted octanol–water partition coefficient (Wildman–Crippen LogP) is 1.19. The summed E-state index contributed by atoms with van der Waals surface area (Å²) < 4.78 is 5.06. The highest BCUT2D eigenvalue weighted by Crippen LogP contribution is 2.06. The monoisotopic (exact) mass is 236 g/mol. The van der Waals surface area contributed by atoms with Gasteiger partial charge >= 0.3 is 0 Å². The Labute approximate surface area is 102 Å². The molecule has 1 aromatic rings. The van der Waals surface area contributed by atoms with E-state index < -0.39 is 0 Å². The van der Waals surface area contributed by atoms with Crippen molar-refractivity contribution in [2.75, 3.05) is 7.11 Å². The fraction of sp³-hybridized carbons (Fsp3) is 0.462. The van der Waals surface area contributed by atoms with Crippen LogP contribution >= 0.6 is 0 Å². The number of hydrogen-bond donors (Lipinski definition) is 2. The zero-order valence-corrected chi connectivity index (χ0v) is 10.4. The lowest BCUT2D eigenvalue weighted by Crippen LogP contribution is -2.29. The first-order chi connectivity index (χ1) is 8.11. The number of ether oxygens (including phenoxy) is 1. The quantitative estimate of drug-likeness (QED) is 0.779. The summed E-state index contributed by atoms with van der Waals surface area (Å²) in [5.41, 5.74) is 7.72. The van der Waals surface area contributed by atoms with Crippen LogP contribution < -0.4 is 11.1 Å². The Morgan fingerprint density at radius 3 is 2.82 bits per heavy atom. The zero-order chi connectivity index (χ0) is 12.7. The molecular formula is C13H20N2O2. The molecule has 0 aromatic heterocycles. The molecule has 0 aliphatic heterocycles. The van der Waals surface area contributed by atoms with E-state index in [1.807, 2.05) is 31.2 Å². The lowest BCUT2D eigenvalue weighted by molar-refractivity contribution is -0.121. The summed E-state index contributed by atoms with van der Waals surface area (Å²) >= 11 is 0. The van der Waals surface area contributed by atoms with E-state index in [1.165, 1.54) is 0 Å². The minimum Gasteiger partial charge on any atom is -0.380 e. The van der Waals surface area contributed by atoms with Gasteiger partial charge in [0.15, 0.2) is 0 Å². The maximum absolute atomic E-state index is 11.4. The van der Waals surface area contributed by atoms with Crippen molar-refractivity contribution < 1.29 is 9.53 Å². The number of hydrogen-bond acceptors (Lipinski definition) is 3. The van der Waals surface area contributed by atoms with Crippen molar-refractivity contribution in [1.82, 2.24) is 5.32 Å². The molecule has 3 N–H and O–H groups in total. The first-order valence-electron chi connectivity index (χ1n) is 5.71. The SMILES string of the molecule is COCc1cccc(CNC(=O)CC(C)N)c1. The average molecular weight is 236 g/mol. The van der Waals surface area contributed by atoms with Gasteiger partial charge in [-0.2, -0.15) is 0 Å². The van der Waals surface area contributed by atoms with Gasteiger partial charge in [0, 0.05) is 26.1 Å². The van der Waals surface area contributed by atoms with E-state index in [0.717, 1.165) is 11.1 Å². The summed E-state index contributed by atoms with van der Waals surface area (Å²) in [7, 11) is 1.66. The van der Waals surface area contributed by atoms with Gasteiger partial charge in [-0.05, 0) is 18.1 Å². The number of carbonyl (C=O) groups excluding carboxylic acids is 1. The van der Waals surface area contributed by atoms with E-state index in [1.54, 1.807) is 7.11 Å². The second kappa shape index (κ2) is 7.04. The number of amides is 1. The first kappa shape index (κ1) is 13.7. The van der Waals surface area contributed by atoms with Gasteiger partial charge < -0.3 is 15.8 Å². The minimum absolute atomic E-state index is 0.0165. The van der Waals surface area contributed by atoms with Gasteiger partial charge in [-0.15, -0.1) is 0 Å². The summed E-state index contributed by atoms with van der Waals surface area (Å²) in [6, 6.07) is 7.86. The molecule has 1 aromatic carbocycles. The fourth-order valence-electron chi connectivity index (χ4n) is 1.56. The summed E-state index contributed by atoms with van der Waals surface area (Å²) in [5, 5.41) is 2.84. The number of rotatable bonds is 6. The highest BCUT2D eigenvalue weighted by molar-refractivity contribution is 5.76. The van der Waals surface area contributed by atoms with E-state index in [-0.39, 0.29) is 11.9 Å². The molecule has 0 aliphatic rings. The number of benzene rings is 1. The van der Waals surface area contributed by atoms with Crippen LogP contribution in [0, 0.1) is 0 Å². The van der Waals surface area contributed by atoms with Crippen LogP contribution in [0.25, 0.3) is 0 Å². The van der Waals surface area contributed by atoms with Gasteiger partial charge in [-0.1, -0.05) is 24.3 Å². The third kappa shape index (κ3) is 5.47. The van der Waals surface area contributed by atoms with E-state index >= 15 is 0 Å². The molecule has 4 heteroatoms. The molecule has 0 bridgehead atoms. The van der Waals surface area contributed by atoms with Crippen LogP contribution in [0.4, 0.5) is 0 Å². The van der Waals surface area contributed by atoms with Crippen molar-refractivity contribution in [1.29, 1.82) is 0 Å². The maximum atomic E-state index is 11.4. The molecular weight excluding hydrogens is 216 g/mol. The third-order valence-electron chi connectivity index (χ3n) is 2.30. The lowest BCUT2D eigenvalue weighted by Gasteiger charge is -2.08. The van der Waals surface area contributed by atoms with Crippen molar-refractivity contribution in [3.8, 4) is 0 Å². The smallest absolute Gasteiger partial charge is 0.221 e. The minimum atomic E-state index is -0.102. The first-order valence-corrected chi connectivity index (χ1v) is 5.71. The topological polar surface area (TPSA) is 64.3 Å². The Hall–Kier alpha value is -1.39. The molecule has 0 spiro atoms. The Balaban J connectivity index is 2.45. The van der Waals surface area contributed by atoms with Gasteiger partial charge in [0.1, 0.15) is 0 Å². The van der Waals surface area contributed by atoms with Crippen molar-refractivity contribution in [2.24, 2.45) is 5.73 Å². The normalized spacial score (nSPS) is 12.2. The lowest BCUT2D eigenvalue weighted by atomic mass is 10.1. The largest absolute Gasteiger partial charge is 0.380 e. The molecule has 4 nitrogen and oxygen atoms in total. The molecule has 17 heavy (non-hydrogen) atoms. The second-order valence-corrected chi connectivity index (χ2v) is 4.21. The molecule has 0 radical (unpaired) electrons. The molecule has 1 atom stereocenters. The van der Waals surface area contributed by atoms with Crippen molar-refractivity contribution in [3.05, 3.63) is 35.4 Å². The molecule has 1 unspecified atom stereocenters. The Morgan fingerprint density at radius 2 is 2.18 bits per heavy atom. The van der Waals surface area contributed by atoms with Crippen LogP contribution in [0.2, 0.25) is 0 Å². The van der Waals surface area contributed by atoms with Crippen LogP contribution in [-0.2, 0) is 22.7 Å². The van der Waals surface area contributed by atoms with Gasteiger partial charge in [-0.3, -0.25) is 4.79 Å². The Bertz CT molecular complexity index is 364. The van der Waals surface area contributed by atoms with Crippen molar-refractivity contribution in [3.63, 3.8) is 0 Å². The van der Waals surface area contributed by atoms with E-state index in [9.17, 15) is 4.79 Å². The molecule has 94 valence electrons. The molecule has 0 saturated heterocycles. The summed E-state index contributed by atoms with van der Waals surface area (Å²) in [6.45, 7) is 2.93. The average Bonchev–Trinajstić information content (AvgIpc) is 2.26. The van der Waals surface area contributed by atoms with E-state index in [2.05, 4.69) is 5.32 Å². The standard InChI is InChI=1S/C13H20N2O2/c1-10(14)6-13(16)15-8-11-4-3-5-12(7-11)9-17-2/h3-5,7,10H,6,8-9,14H2,1-2H3,(H,15,16). The molecule has 0 fully saturated rings.